The number of rotatable bonds is 5. The zero-order valence-corrected chi connectivity index (χ0v) is 16.2. The Bertz CT molecular complexity index is 719. The topological polar surface area (TPSA) is 32.8 Å². The molecule has 1 fully saturated rings. The lowest BCUT2D eigenvalue weighted by Gasteiger charge is -2.34. The van der Waals surface area contributed by atoms with Crippen LogP contribution in [0, 0.1) is 0 Å². The van der Waals surface area contributed by atoms with E-state index in [1.165, 1.54) is 0 Å². The van der Waals surface area contributed by atoms with Gasteiger partial charge in [-0.2, -0.15) is 0 Å². The van der Waals surface area contributed by atoms with Crippen molar-refractivity contribution in [1.82, 2.24) is 9.80 Å². The molecule has 0 saturated carbocycles. The average Bonchev–Trinajstić information content (AvgIpc) is 2.65. The van der Waals surface area contributed by atoms with Crippen molar-refractivity contribution in [3.05, 3.63) is 63.6 Å². The number of piperazine rings is 1. The fraction of sp³-hybridized carbons (Fsp3) is 0.316. The highest BCUT2D eigenvalue weighted by Crippen LogP contribution is 2.23. The molecule has 1 amide bonds. The lowest BCUT2D eigenvalue weighted by Crippen LogP contribution is -2.49. The molecular weight excluding hydrogens is 404 g/mol. The summed E-state index contributed by atoms with van der Waals surface area (Å²) in [5.41, 5.74) is 0.553. The van der Waals surface area contributed by atoms with E-state index in [1.54, 1.807) is 12.1 Å². The Morgan fingerprint density at radius 3 is 2.52 bits per heavy atom. The standard InChI is InChI=1S/C19H20BrClN2O2/c20-15-6-7-18(21)17(14-15)19(24)23-10-8-22(9-11-23)12-13-25-16-4-2-1-3-5-16/h1-7,14H,8-13H2. The lowest BCUT2D eigenvalue weighted by molar-refractivity contribution is 0.0620. The van der Waals surface area contributed by atoms with E-state index < -0.39 is 0 Å². The van der Waals surface area contributed by atoms with Crippen LogP contribution in [0.15, 0.2) is 53.0 Å². The molecule has 132 valence electrons. The normalized spacial score (nSPS) is 15.2. The zero-order valence-electron chi connectivity index (χ0n) is 13.8. The maximum absolute atomic E-state index is 12.7. The first-order valence-electron chi connectivity index (χ1n) is 8.28. The molecule has 0 spiro atoms. The van der Waals surface area contributed by atoms with E-state index in [2.05, 4.69) is 20.8 Å². The molecule has 0 aliphatic carbocycles. The molecule has 0 N–H and O–H groups in total. The van der Waals surface area contributed by atoms with Crippen LogP contribution in [-0.4, -0.2) is 55.0 Å². The predicted molar refractivity (Wildman–Crippen MR) is 103 cm³/mol. The number of carbonyl (C=O) groups is 1. The minimum atomic E-state index is -0.00788. The van der Waals surface area contributed by atoms with Crippen molar-refractivity contribution in [3.63, 3.8) is 0 Å². The van der Waals surface area contributed by atoms with Gasteiger partial charge >= 0.3 is 0 Å². The van der Waals surface area contributed by atoms with Crippen molar-refractivity contribution >= 4 is 33.4 Å². The molecule has 0 radical (unpaired) electrons. The summed E-state index contributed by atoms with van der Waals surface area (Å²) in [4.78, 5) is 16.8. The average molecular weight is 424 g/mol. The molecule has 3 rings (SSSR count). The van der Waals surface area contributed by atoms with Gasteiger partial charge in [-0.1, -0.05) is 45.7 Å². The fourth-order valence-electron chi connectivity index (χ4n) is 2.82. The van der Waals surface area contributed by atoms with Crippen molar-refractivity contribution < 1.29 is 9.53 Å². The highest BCUT2D eigenvalue weighted by atomic mass is 79.9. The summed E-state index contributed by atoms with van der Waals surface area (Å²) in [7, 11) is 0. The second-order valence-electron chi connectivity index (χ2n) is 5.92. The first-order chi connectivity index (χ1) is 12.1. The molecule has 2 aromatic carbocycles. The molecule has 1 heterocycles. The minimum absolute atomic E-state index is 0.00788. The SMILES string of the molecule is O=C(c1cc(Br)ccc1Cl)N1CCN(CCOc2ccccc2)CC1. The summed E-state index contributed by atoms with van der Waals surface area (Å²) in [6, 6.07) is 15.2. The smallest absolute Gasteiger partial charge is 0.255 e. The molecule has 1 saturated heterocycles. The van der Waals surface area contributed by atoms with Crippen molar-refractivity contribution in [2.24, 2.45) is 0 Å². The quantitative estimate of drug-likeness (QED) is 0.730. The Morgan fingerprint density at radius 1 is 1.08 bits per heavy atom. The number of benzene rings is 2. The van der Waals surface area contributed by atoms with Crippen molar-refractivity contribution in [3.8, 4) is 5.75 Å². The molecule has 6 heteroatoms. The van der Waals surface area contributed by atoms with Gasteiger partial charge in [-0.3, -0.25) is 9.69 Å². The largest absolute Gasteiger partial charge is 0.492 e. The van der Waals surface area contributed by atoms with E-state index in [-0.39, 0.29) is 5.91 Å². The van der Waals surface area contributed by atoms with Gasteiger partial charge in [-0.05, 0) is 30.3 Å². The van der Waals surface area contributed by atoms with Crippen LogP contribution < -0.4 is 4.74 Å². The Labute approximate surface area is 161 Å². The Balaban J connectivity index is 1.47. The van der Waals surface area contributed by atoms with Gasteiger partial charge in [0.05, 0.1) is 10.6 Å². The van der Waals surface area contributed by atoms with Gasteiger partial charge in [0.25, 0.3) is 5.91 Å². The van der Waals surface area contributed by atoms with E-state index in [0.717, 1.165) is 29.9 Å². The molecule has 1 aliphatic rings. The van der Waals surface area contributed by atoms with Gasteiger partial charge in [-0.15, -0.1) is 0 Å². The van der Waals surface area contributed by atoms with E-state index in [4.69, 9.17) is 16.3 Å². The van der Waals surface area contributed by atoms with Gasteiger partial charge in [0.2, 0.25) is 0 Å². The number of ether oxygens (including phenoxy) is 1. The van der Waals surface area contributed by atoms with Crippen molar-refractivity contribution in [1.29, 1.82) is 0 Å². The van der Waals surface area contributed by atoms with Gasteiger partial charge in [0.1, 0.15) is 12.4 Å². The highest BCUT2D eigenvalue weighted by Gasteiger charge is 2.23. The highest BCUT2D eigenvalue weighted by molar-refractivity contribution is 9.10. The number of hydrogen-bond donors (Lipinski definition) is 0. The van der Waals surface area contributed by atoms with Crippen LogP contribution in [0.4, 0.5) is 0 Å². The third-order valence-electron chi connectivity index (χ3n) is 4.24. The predicted octanol–water partition coefficient (Wildman–Crippen LogP) is 3.94. The van der Waals surface area contributed by atoms with Gasteiger partial charge in [0.15, 0.2) is 0 Å². The minimum Gasteiger partial charge on any atom is -0.492 e. The van der Waals surface area contributed by atoms with Gasteiger partial charge in [0, 0.05) is 37.2 Å². The Morgan fingerprint density at radius 2 is 1.80 bits per heavy atom. The van der Waals surface area contributed by atoms with Crippen molar-refractivity contribution in [2.45, 2.75) is 0 Å². The summed E-state index contributed by atoms with van der Waals surface area (Å²) in [6.45, 7) is 4.59. The van der Waals surface area contributed by atoms with Crippen LogP contribution in [0.25, 0.3) is 0 Å². The molecule has 1 aliphatic heterocycles. The van der Waals surface area contributed by atoms with Crippen LogP contribution in [0.3, 0.4) is 0 Å². The fourth-order valence-corrected chi connectivity index (χ4v) is 3.38. The van der Waals surface area contributed by atoms with E-state index >= 15 is 0 Å². The zero-order chi connectivity index (χ0) is 17.6. The first-order valence-corrected chi connectivity index (χ1v) is 9.45. The Kier molecular flexibility index (Phi) is 6.34. The molecular formula is C19H20BrClN2O2. The molecule has 0 aromatic heterocycles. The molecule has 25 heavy (non-hydrogen) atoms. The number of carbonyl (C=O) groups excluding carboxylic acids is 1. The van der Waals surface area contributed by atoms with Crippen LogP contribution in [-0.2, 0) is 0 Å². The first kappa shape index (κ1) is 18.2. The van der Waals surface area contributed by atoms with Gasteiger partial charge in [-0.25, -0.2) is 0 Å². The molecule has 0 bridgehead atoms. The third-order valence-corrected chi connectivity index (χ3v) is 5.06. The summed E-state index contributed by atoms with van der Waals surface area (Å²) >= 11 is 9.56. The van der Waals surface area contributed by atoms with Crippen LogP contribution in [0.1, 0.15) is 10.4 Å². The van der Waals surface area contributed by atoms with Gasteiger partial charge < -0.3 is 9.64 Å². The second-order valence-corrected chi connectivity index (χ2v) is 7.24. The number of amides is 1. The molecule has 4 nitrogen and oxygen atoms in total. The molecule has 2 aromatic rings. The summed E-state index contributed by atoms with van der Waals surface area (Å²) in [5, 5.41) is 0.492. The summed E-state index contributed by atoms with van der Waals surface area (Å²) in [6.07, 6.45) is 0. The van der Waals surface area contributed by atoms with E-state index in [9.17, 15) is 4.79 Å². The monoisotopic (exact) mass is 422 g/mol. The third kappa shape index (κ3) is 4.97. The van der Waals surface area contributed by atoms with Crippen LogP contribution in [0.2, 0.25) is 5.02 Å². The maximum Gasteiger partial charge on any atom is 0.255 e. The number of halogens is 2. The summed E-state index contributed by atoms with van der Waals surface area (Å²) in [5.74, 6) is 0.882. The number of hydrogen-bond acceptors (Lipinski definition) is 3. The second kappa shape index (κ2) is 8.70. The summed E-state index contributed by atoms with van der Waals surface area (Å²) < 4.78 is 6.59. The van der Waals surface area contributed by atoms with E-state index in [1.807, 2.05) is 41.3 Å². The Hall–Kier alpha value is -1.56. The van der Waals surface area contributed by atoms with E-state index in [0.29, 0.717) is 30.3 Å². The lowest BCUT2D eigenvalue weighted by atomic mass is 10.2. The molecule has 0 atom stereocenters. The van der Waals surface area contributed by atoms with Crippen LogP contribution in [0.5, 0.6) is 5.75 Å². The van der Waals surface area contributed by atoms with Crippen molar-refractivity contribution in [2.75, 3.05) is 39.3 Å². The van der Waals surface area contributed by atoms with Crippen LogP contribution >= 0.6 is 27.5 Å². The maximum atomic E-state index is 12.7. The number of nitrogens with zero attached hydrogens (tertiary/aromatic N) is 2. The number of para-hydroxylation sites is 1. The molecule has 0 unspecified atom stereocenters.